The Labute approximate surface area is 114 Å². The molecule has 0 saturated heterocycles. The van der Waals surface area contributed by atoms with E-state index in [4.69, 9.17) is 5.73 Å². The van der Waals surface area contributed by atoms with Crippen LogP contribution in [0.2, 0.25) is 0 Å². The van der Waals surface area contributed by atoms with Gasteiger partial charge in [-0.15, -0.1) is 5.10 Å². The smallest absolute Gasteiger partial charge is 0.102 e. The van der Waals surface area contributed by atoms with Crippen LogP contribution in [0.15, 0.2) is 30.5 Å². The Bertz CT molecular complexity index is 503. The van der Waals surface area contributed by atoms with Gasteiger partial charge in [-0.3, -0.25) is 4.68 Å². The minimum atomic E-state index is 0.697. The third-order valence-corrected chi connectivity index (χ3v) is 3.03. The van der Waals surface area contributed by atoms with E-state index in [9.17, 15) is 0 Å². The largest absolute Gasteiger partial charge is 0.365 e. The summed E-state index contributed by atoms with van der Waals surface area (Å²) in [5.74, 6) is 0. The van der Waals surface area contributed by atoms with Crippen molar-refractivity contribution in [1.29, 1.82) is 0 Å². The topological polar surface area (TPSA) is 60.0 Å². The van der Waals surface area contributed by atoms with Crippen molar-refractivity contribution in [2.75, 3.05) is 18.0 Å². The minimum absolute atomic E-state index is 0.697. The lowest BCUT2D eigenvalue weighted by Gasteiger charge is -2.23. The monoisotopic (exact) mass is 259 g/mol. The Hall–Kier alpha value is -1.88. The normalized spacial score (nSPS) is 10.7. The van der Waals surface area contributed by atoms with Crippen molar-refractivity contribution in [3.05, 3.63) is 41.7 Å². The first-order chi connectivity index (χ1) is 9.19. The number of nitrogens with two attached hydrogens (primary N) is 1. The van der Waals surface area contributed by atoms with Gasteiger partial charge in [-0.25, -0.2) is 0 Å². The zero-order chi connectivity index (χ0) is 13.7. The van der Waals surface area contributed by atoms with E-state index in [1.54, 1.807) is 4.68 Å². The molecule has 5 heteroatoms. The van der Waals surface area contributed by atoms with Crippen molar-refractivity contribution in [2.24, 2.45) is 12.8 Å². The van der Waals surface area contributed by atoms with Crippen LogP contribution >= 0.6 is 0 Å². The lowest BCUT2D eigenvalue weighted by Crippen LogP contribution is -2.25. The minimum Gasteiger partial charge on any atom is -0.365 e. The molecule has 2 aromatic rings. The van der Waals surface area contributed by atoms with Gasteiger partial charge < -0.3 is 10.6 Å². The van der Waals surface area contributed by atoms with Crippen LogP contribution in [0, 0.1) is 6.92 Å². The zero-order valence-electron chi connectivity index (χ0n) is 11.6. The molecule has 0 unspecified atom stereocenters. The standard InChI is InChI=1S/C14H21N5/c1-12-4-6-14(7-5-12)19(9-3-8-15)11-13-10-18(2)17-16-13/h4-7,10H,3,8-9,11,15H2,1-2H3. The second-order valence-corrected chi connectivity index (χ2v) is 4.78. The summed E-state index contributed by atoms with van der Waals surface area (Å²) in [5, 5.41) is 8.12. The maximum Gasteiger partial charge on any atom is 0.102 e. The number of nitrogens with zero attached hydrogens (tertiary/aromatic N) is 4. The van der Waals surface area contributed by atoms with E-state index in [1.807, 2.05) is 13.2 Å². The molecule has 0 radical (unpaired) electrons. The summed E-state index contributed by atoms with van der Waals surface area (Å²) in [6.45, 7) is 4.48. The summed E-state index contributed by atoms with van der Waals surface area (Å²) in [7, 11) is 1.88. The van der Waals surface area contributed by atoms with Gasteiger partial charge in [0.25, 0.3) is 0 Å². The predicted molar refractivity (Wildman–Crippen MR) is 76.9 cm³/mol. The SMILES string of the molecule is Cc1ccc(N(CCCN)Cc2cn(C)nn2)cc1. The van der Waals surface area contributed by atoms with Crippen LogP contribution in [0.1, 0.15) is 17.7 Å². The maximum absolute atomic E-state index is 5.62. The van der Waals surface area contributed by atoms with Gasteiger partial charge in [0.05, 0.1) is 6.54 Å². The van der Waals surface area contributed by atoms with Gasteiger partial charge in [0.2, 0.25) is 0 Å². The van der Waals surface area contributed by atoms with Crippen LogP contribution < -0.4 is 10.6 Å². The molecule has 0 amide bonds. The van der Waals surface area contributed by atoms with Crippen molar-refractivity contribution in [1.82, 2.24) is 15.0 Å². The third kappa shape index (κ3) is 3.79. The fraction of sp³-hybridized carbons (Fsp3) is 0.429. The molecule has 1 aromatic carbocycles. The van der Waals surface area contributed by atoms with Crippen molar-refractivity contribution in [2.45, 2.75) is 19.9 Å². The van der Waals surface area contributed by atoms with Crippen LogP contribution in [0.5, 0.6) is 0 Å². The van der Waals surface area contributed by atoms with Crippen LogP contribution in [0.25, 0.3) is 0 Å². The van der Waals surface area contributed by atoms with E-state index in [2.05, 4.69) is 46.4 Å². The lowest BCUT2D eigenvalue weighted by atomic mass is 10.2. The van der Waals surface area contributed by atoms with E-state index in [0.717, 1.165) is 25.2 Å². The van der Waals surface area contributed by atoms with E-state index in [1.165, 1.54) is 11.3 Å². The third-order valence-electron chi connectivity index (χ3n) is 3.03. The molecule has 19 heavy (non-hydrogen) atoms. The van der Waals surface area contributed by atoms with Gasteiger partial charge >= 0.3 is 0 Å². The van der Waals surface area contributed by atoms with E-state index in [0.29, 0.717) is 6.54 Å². The molecule has 1 aromatic heterocycles. The molecule has 2 N–H and O–H groups in total. The molecule has 1 heterocycles. The van der Waals surface area contributed by atoms with E-state index in [-0.39, 0.29) is 0 Å². The van der Waals surface area contributed by atoms with Crippen molar-refractivity contribution >= 4 is 5.69 Å². The molecular weight excluding hydrogens is 238 g/mol. The molecular formula is C14H21N5. The summed E-state index contributed by atoms with van der Waals surface area (Å²) in [5.41, 5.74) is 9.05. The summed E-state index contributed by atoms with van der Waals surface area (Å²) >= 11 is 0. The van der Waals surface area contributed by atoms with Crippen LogP contribution in [-0.4, -0.2) is 28.1 Å². The first-order valence-corrected chi connectivity index (χ1v) is 6.56. The Morgan fingerprint density at radius 3 is 2.58 bits per heavy atom. The number of benzene rings is 1. The highest BCUT2D eigenvalue weighted by Gasteiger charge is 2.09. The predicted octanol–water partition coefficient (Wildman–Crippen LogP) is 1.48. The first-order valence-electron chi connectivity index (χ1n) is 6.56. The molecule has 2 rings (SSSR count). The quantitative estimate of drug-likeness (QED) is 0.853. The number of rotatable bonds is 6. The lowest BCUT2D eigenvalue weighted by molar-refractivity contribution is 0.706. The van der Waals surface area contributed by atoms with Crippen LogP contribution in [-0.2, 0) is 13.6 Å². The average Bonchev–Trinajstić information content (AvgIpc) is 2.81. The molecule has 0 spiro atoms. The van der Waals surface area contributed by atoms with Gasteiger partial charge in [0.15, 0.2) is 0 Å². The number of anilines is 1. The summed E-state index contributed by atoms with van der Waals surface area (Å²) in [4.78, 5) is 2.29. The van der Waals surface area contributed by atoms with Crippen molar-refractivity contribution in [3.63, 3.8) is 0 Å². The Kier molecular flexibility index (Phi) is 4.52. The Morgan fingerprint density at radius 2 is 2.00 bits per heavy atom. The van der Waals surface area contributed by atoms with Gasteiger partial charge in [-0.2, -0.15) is 0 Å². The Morgan fingerprint density at radius 1 is 1.26 bits per heavy atom. The zero-order valence-corrected chi connectivity index (χ0v) is 11.6. The molecule has 0 fully saturated rings. The Balaban J connectivity index is 2.13. The number of hydrogen-bond acceptors (Lipinski definition) is 4. The number of aromatic nitrogens is 3. The fourth-order valence-corrected chi connectivity index (χ4v) is 2.00. The molecule has 0 atom stereocenters. The highest BCUT2D eigenvalue weighted by atomic mass is 15.4. The molecule has 5 nitrogen and oxygen atoms in total. The van der Waals surface area contributed by atoms with Crippen molar-refractivity contribution in [3.8, 4) is 0 Å². The molecule has 0 saturated carbocycles. The second-order valence-electron chi connectivity index (χ2n) is 4.78. The average molecular weight is 259 g/mol. The van der Waals surface area contributed by atoms with Gasteiger partial charge in [0, 0.05) is 25.5 Å². The van der Waals surface area contributed by atoms with Gasteiger partial charge in [-0.05, 0) is 32.0 Å². The van der Waals surface area contributed by atoms with E-state index >= 15 is 0 Å². The molecule has 0 aliphatic rings. The molecule has 102 valence electrons. The molecule has 0 aliphatic carbocycles. The highest BCUT2D eigenvalue weighted by molar-refractivity contribution is 5.47. The van der Waals surface area contributed by atoms with Gasteiger partial charge in [0.1, 0.15) is 5.69 Å². The van der Waals surface area contributed by atoms with Gasteiger partial charge in [-0.1, -0.05) is 22.9 Å². The van der Waals surface area contributed by atoms with Crippen LogP contribution in [0.3, 0.4) is 0 Å². The summed E-state index contributed by atoms with van der Waals surface area (Å²) in [6, 6.07) is 8.54. The highest BCUT2D eigenvalue weighted by Crippen LogP contribution is 2.17. The molecule has 0 bridgehead atoms. The molecule has 0 aliphatic heterocycles. The number of aryl methyl sites for hydroxylation is 2. The number of hydrogen-bond donors (Lipinski definition) is 1. The fourth-order valence-electron chi connectivity index (χ4n) is 2.00. The van der Waals surface area contributed by atoms with E-state index < -0.39 is 0 Å². The summed E-state index contributed by atoms with van der Waals surface area (Å²) < 4.78 is 1.73. The maximum atomic E-state index is 5.62. The van der Waals surface area contributed by atoms with Crippen LogP contribution in [0.4, 0.5) is 5.69 Å². The first kappa shape index (κ1) is 13.5. The van der Waals surface area contributed by atoms with Crippen molar-refractivity contribution < 1.29 is 0 Å². The summed E-state index contributed by atoms with van der Waals surface area (Å²) in [6.07, 6.45) is 2.91. The second kappa shape index (κ2) is 6.33.